The Morgan fingerprint density at radius 3 is 2.38 bits per heavy atom. The number of amides is 1. The Bertz CT molecular complexity index is 1560. The van der Waals surface area contributed by atoms with Crippen LogP contribution in [0, 0.1) is 24.4 Å². The zero-order chi connectivity index (χ0) is 27.9. The van der Waals surface area contributed by atoms with Gasteiger partial charge in [0.15, 0.2) is 23.3 Å². The van der Waals surface area contributed by atoms with Crippen molar-refractivity contribution in [2.24, 2.45) is 0 Å². The minimum Gasteiger partial charge on any atom is -0.351 e. The highest BCUT2D eigenvalue weighted by molar-refractivity contribution is 7.90. The number of carbonyl (C=O) groups is 1. The lowest BCUT2D eigenvalue weighted by atomic mass is 9.99. The molecular formula is C26H25ClF3N5O3S. The van der Waals surface area contributed by atoms with Gasteiger partial charge in [0.25, 0.3) is 5.91 Å². The molecule has 206 valence electrons. The largest absolute Gasteiger partial charge is 0.351 e. The Labute approximate surface area is 228 Å². The SMILES string of the molecule is Cc1ccc(Nc2c(C(=O)NC3CC3)cc(Cc3ccnc(NS(=O)(=O)NC4CC4)c3F)c(F)c2F)c(Cl)c1. The molecule has 2 aliphatic rings. The molecular weight excluding hydrogens is 555 g/mol. The van der Waals surface area contributed by atoms with Gasteiger partial charge >= 0.3 is 10.2 Å². The van der Waals surface area contributed by atoms with Crippen LogP contribution in [0.15, 0.2) is 36.5 Å². The average Bonchev–Trinajstić information content (AvgIpc) is 3.80. The Balaban J connectivity index is 1.49. The number of benzene rings is 2. The second-order valence-corrected chi connectivity index (χ2v) is 11.6. The van der Waals surface area contributed by atoms with Crippen molar-refractivity contribution in [3.05, 3.63) is 81.3 Å². The Morgan fingerprint density at radius 1 is 1.00 bits per heavy atom. The summed E-state index contributed by atoms with van der Waals surface area (Å²) in [6.07, 6.45) is 3.57. The number of nitrogens with one attached hydrogen (secondary N) is 4. The van der Waals surface area contributed by atoms with Gasteiger partial charge < -0.3 is 10.6 Å². The minimum absolute atomic E-state index is 0.0673. The van der Waals surface area contributed by atoms with E-state index in [1.165, 1.54) is 6.07 Å². The molecule has 0 radical (unpaired) electrons. The Morgan fingerprint density at radius 2 is 1.72 bits per heavy atom. The van der Waals surface area contributed by atoms with Gasteiger partial charge in [0.1, 0.15) is 0 Å². The molecule has 2 aromatic carbocycles. The maximum atomic E-state index is 15.5. The van der Waals surface area contributed by atoms with Gasteiger partial charge in [0, 0.05) is 24.7 Å². The summed E-state index contributed by atoms with van der Waals surface area (Å²) in [5.41, 5.74) is 0.0769. The van der Waals surface area contributed by atoms with Crippen LogP contribution in [0.3, 0.4) is 0 Å². The number of carbonyl (C=O) groups excluding carboxylic acids is 1. The molecule has 0 saturated heterocycles. The molecule has 2 fully saturated rings. The standard InChI is InChI=1S/C26H25ClF3N5O3S/c1-13-2-7-20(19(27)10-13)33-24-18(26(36)32-16-3-4-16)12-15(21(28)23(24)30)11-14-8-9-31-25(22(14)29)35-39(37,38)34-17-5-6-17/h2,7-10,12,16-17,33-34H,3-6,11H2,1H3,(H,31,35)(H,32,36). The summed E-state index contributed by atoms with van der Waals surface area (Å²) in [6, 6.07) is 7.03. The van der Waals surface area contributed by atoms with Crippen molar-refractivity contribution in [2.75, 3.05) is 10.0 Å². The first-order valence-electron chi connectivity index (χ1n) is 12.3. The van der Waals surface area contributed by atoms with E-state index in [1.807, 2.05) is 11.6 Å². The van der Waals surface area contributed by atoms with Crippen molar-refractivity contribution in [3.63, 3.8) is 0 Å². The molecule has 13 heteroatoms. The van der Waals surface area contributed by atoms with E-state index in [1.54, 1.807) is 18.2 Å². The molecule has 0 bridgehead atoms. The number of aromatic nitrogens is 1. The van der Waals surface area contributed by atoms with Gasteiger partial charge in [0.2, 0.25) is 0 Å². The molecule has 2 saturated carbocycles. The van der Waals surface area contributed by atoms with Crippen molar-refractivity contribution >= 4 is 44.9 Å². The van der Waals surface area contributed by atoms with Crippen LogP contribution in [-0.4, -0.2) is 31.4 Å². The highest BCUT2D eigenvalue weighted by Crippen LogP contribution is 2.34. The number of halogens is 4. The average molecular weight is 580 g/mol. The number of anilines is 3. The lowest BCUT2D eigenvalue weighted by molar-refractivity contribution is 0.0951. The van der Waals surface area contributed by atoms with Crippen molar-refractivity contribution in [2.45, 2.75) is 51.1 Å². The van der Waals surface area contributed by atoms with Crippen LogP contribution >= 0.6 is 11.6 Å². The fourth-order valence-corrected chi connectivity index (χ4v) is 5.34. The molecule has 3 aromatic rings. The topological polar surface area (TPSA) is 112 Å². The molecule has 1 aromatic heterocycles. The number of hydrogen-bond acceptors (Lipinski definition) is 5. The van der Waals surface area contributed by atoms with Crippen LogP contribution in [0.1, 0.15) is 52.7 Å². The molecule has 5 rings (SSSR count). The van der Waals surface area contributed by atoms with Crippen molar-refractivity contribution in [3.8, 4) is 0 Å². The monoisotopic (exact) mass is 579 g/mol. The van der Waals surface area contributed by atoms with Crippen LogP contribution in [0.2, 0.25) is 5.02 Å². The third kappa shape index (κ3) is 6.45. The van der Waals surface area contributed by atoms with Gasteiger partial charge in [-0.1, -0.05) is 17.7 Å². The van der Waals surface area contributed by atoms with Gasteiger partial charge in [-0.05, 0) is 73.6 Å². The number of rotatable bonds is 10. The van der Waals surface area contributed by atoms with E-state index in [0.717, 1.165) is 30.7 Å². The van der Waals surface area contributed by atoms with Crippen LogP contribution in [0.5, 0.6) is 0 Å². The summed E-state index contributed by atoms with van der Waals surface area (Å²) >= 11 is 6.27. The summed E-state index contributed by atoms with van der Waals surface area (Å²) in [6.45, 7) is 1.82. The quantitative estimate of drug-likeness (QED) is 0.267. The van der Waals surface area contributed by atoms with Crippen LogP contribution in [0.4, 0.5) is 30.4 Å². The van der Waals surface area contributed by atoms with Crippen molar-refractivity contribution in [1.82, 2.24) is 15.0 Å². The summed E-state index contributed by atoms with van der Waals surface area (Å²) in [5.74, 6) is -4.89. The van der Waals surface area contributed by atoms with Crippen LogP contribution in [0.25, 0.3) is 0 Å². The molecule has 0 atom stereocenters. The highest BCUT2D eigenvalue weighted by atomic mass is 35.5. The lowest BCUT2D eigenvalue weighted by Gasteiger charge is -2.17. The predicted octanol–water partition coefficient (Wildman–Crippen LogP) is 5.10. The third-order valence-corrected chi connectivity index (χ3v) is 7.72. The normalized spacial score (nSPS) is 15.2. The van der Waals surface area contributed by atoms with E-state index in [9.17, 15) is 13.2 Å². The van der Waals surface area contributed by atoms with Crippen molar-refractivity contribution < 1.29 is 26.4 Å². The number of nitrogens with zero attached hydrogens (tertiary/aromatic N) is 1. The fraction of sp³-hybridized carbons (Fsp3) is 0.308. The zero-order valence-electron chi connectivity index (χ0n) is 20.7. The maximum Gasteiger partial charge on any atom is 0.300 e. The van der Waals surface area contributed by atoms with Gasteiger partial charge in [-0.25, -0.2) is 18.2 Å². The second kappa shape index (κ2) is 10.7. The van der Waals surface area contributed by atoms with Crippen molar-refractivity contribution in [1.29, 1.82) is 0 Å². The summed E-state index contributed by atoms with van der Waals surface area (Å²) in [5, 5.41) is 5.74. The molecule has 0 spiro atoms. The predicted molar refractivity (Wildman–Crippen MR) is 142 cm³/mol. The lowest BCUT2D eigenvalue weighted by Crippen LogP contribution is -2.32. The van der Waals surface area contributed by atoms with E-state index in [4.69, 9.17) is 11.6 Å². The molecule has 39 heavy (non-hydrogen) atoms. The Kier molecular flexibility index (Phi) is 7.45. The molecule has 0 unspecified atom stereocenters. The third-order valence-electron chi connectivity index (χ3n) is 6.30. The molecule has 0 aliphatic heterocycles. The molecule has 2 aliphatic carbocycles. The molecule has 4 N–H and O–H groups in total. The number of hydrogen-bond donors (Lipinski definition) is 4. The smallest absolute Gasteiger partial charge is 0.300 e. The van der Waals surface area contributed by atoms with E-state index in [0.29, 0.717) is 12.8 Å². The highest BCUT2D eigenvalue weighted by Gasteiger charge is 2.30. The second-order valence-electron chi connectivity index (χ2n) is 9.75. The van der Waals surface area contributed by atoms with Gasteiger partial charge in [-0.2, -0.15) is 13.1 Å². The van der Waals surface area contributed by atoms with E-state index in [-0.39, 0.29) is 39.5 Å². The fourth-order valence-electron chi connectivity index (χ4n) is 3.93. The minimum atomic E-state index is -4.07. The van der Waals surface area contributed by atoms with Crippen LogP contribution in [-0.2, 0) is 16.6 Å². The first kappa shape index (κ1) is 27.2. The van der Waals surface area contributed by atoms with Gasteiger partial charge in [0.05, 0.1) is 22.0 Å². The summed E-state index contributed by atoms with van der Waals surface area (Å²) in [4.78, 5) is 16.8. The number of aryl methyl sites for hydroxylation is 1. The van der Waals surface area contributed by atoms with E-state index >= 15 is 13.2 Å². The van der Waals surface area contributed by atoms with Crippen LogP contribution < -0.4 is 20.1 Å². The zero-order valence-corrected chi connectivity index (χ0v) is 22.3. The van der Waals surface area contributed by atoms with Gasteiger partial charge in [-0.3, -0.25) is 9.52 Å². The van der Waals surface area contributed by atoms with E-state index < -0.39 is 51.5 Å². The molecule has 1 heterocycles. The first-order chi connectivity index (χ1) is 18.5. The molecule has 1 amide bonds. The van der Waals surface area contributed by atoms with E-state index in [2.05, 4.69) is 20.3 Å². The summed E-state index contributed by atoms with van der Waals surface area (Å²) < 4.78 is 74.9. The molecule has 8 nitrogen and oxygen atoms in total. The first-order valence-corrected chi connectivity index (χ1v) is 14.1. The number of pyridine rings is 1. The summed E-state index contributed by atoms with van der Waals surface area (Å²) in [7, 11) is -4.07. The Hall–Kier alpha value is -3.35. The maximum absolute atomic E-state index is 15.5. The van der Waals surface area contributed by atoms with Gasteiger partial charge in [-0.15, -0.1) is 0 Å².